The average Bonchev–Trinajstić information content (AvgIpc) is 3.09. The van der Waals surface area contributed by atoms with Gasteiger partial charge < -0.3 is 5.73 Å². The zero-order chi connectivity index (χ0) is 12.5. The molecule has 0 bridgehead atoms. The minimum atomic E-state index is 0.615. The third-order valence-corrected chi connectivity index (χ3v) is 3.54. The van der Waals surface area contributed by atoms with E-state index in [1.165, 1.54) is 18.5 Å². The fourth-order valence-electron chi connectivity index (χ4n) is 2.20. The summed E-state index contributed by atoms with van der Waals surface area (Å²) in [5.74, 6) is 0.677. The lowest BCUT2D eigenvalue weighted by Crippen LogP contribution is -2.07. The van der Waals surface area contributed by atoms with Gasteiger partial charge in [0.25, 0.3) is 0 Å². The van der Waals surface area contributed by atoms with Crippen LogP contribution in [0.5, 0.6) is 0 Å². The van der Waals surface area contributed by atoms with Gasteiger partial charge in [0.15, 0.2) is 0 Å². The zero-order valence-electron chi connectivity index (χ0n) is 10.1. The summed E-state index contributed by atoms with van der Waals surface area (Å²) < 4.78 is 1.94. The van der Waals surface area contributed by atoms with Crippen LogP contribution in [0.3, 0.4) is 0 Å². The maximum Gasteiger partial charge on any atom is 0.0679 e. The van der Waals surface area contributed by atoms with Crippen LogP contribution in [0.25, 0.3) is 5.69 Å². The Morgan fingerprint density at radius 1 is 1.33 bits per heavy atom. The first-order chi connectivity index (χ1) is 8.78. The van der Waals surface area contributed by atoms with Gasteiger partial charge in [0.05, 0.1) is 11.4 Å². The van der Waals surface area contributed by atoms with E-state index in [1.54, 1.807) is 0 Å². The van der Waals surface area contributed by atoms with Crippen LogP contribution in [0.15, 0.2) is 30.5 Å². The Bertz CT molecular complexity index is 558. The molecule has 1 fully saturated rings. The number of benzene rings is 1. The van der Waals surface area contributed by atoms with Crippen LogP contribution in [-0.2, 0) is 6.42 Å². The van der Waals surface area contributed by atoms with Gasteiger partial charge in [0.2, 0.25) is 0 Å². The van der Waals surface area contributed by atoms with E-state index in [4.69, 9.17) is 17.3 Å². The van der Waals surface area contributed by atoms with Crippen LogP contribution >= 0.6 is 11.6 Å². The maximum absolute atomic E-state index is 6.04. The van der Waals surface area contributed by atoms with Crippen LogP contribution in [-0.4, -0.2) is 16.3 Å². The van der Waals surface area contributed by atoms with Crippen molar-refractivity contribution in [2.45, 2.75) is 25.2 Å². The number of nitrogens with two attached hydrogens (primary N) is 1. The number of aromatic nitrogens is 2. The third-order valence-electron chi connectivity index (χ3n) is 3.31. The summed E-state index contributed by atoms with van der Waals surface area (Å²) in [7, 11) is 0. The molecule has 3 nitrogen and oxygen atoms in total. The number of hydrogen-bond acceptors (Lipinski definition) is 2. The van der Waals surface area contributed by atoms with Crippen LogP contribution in [0.1, 0.15) is 30.0 Å². The molecule has 18 heavy (non-hydrogen) atoms. The van der Waals surface area contributed by atoms with E-state index in [9.17, 15) is 0 Å². The number of hydrogen-bond donors (Lipinski definition) is 1. The van der Waals surface area contributed by atoms with Crippen LogP contribution in [0, 0.1) is 0 Å². The molecule has 0 spiro atoms. The zero-order valence-corrected chi connectivity index (χ0v) is 10.9. The summed E-state index contributed by atoms with van der Waals surface area (Å²) in [6.07, 6.45) is 5.38. The lowest BCUT2D eigenvalue weighted by atomic mass is 10.1. The summed E-state index contributed by atoms with van der Waals surface area (Å²) in [5.41, 5.74) is 9.07. The minimum absolute atomic E-state index is 0.615. The molecule has 2 N–H and O–H groups in total. The van der Waals surface area contributed by atoms with E-state index in [2.05, 4.69) is 11.2 Å². The Hall–Kier alpha value is -1.32. The Labute approximate surface area is 112 Å². The average molecular weight is 262 g/mol. The van der Waals surface area contributed by atoms with Crippen molar-refractivity contribution in [3.8, 4) is 5.69 Å². The molecular weight excluding hydrogens is 246 g/mol. The Balaban J connectivity index is 1.97. The highest BCUT2D eigenvalue weighted by Crippen LogP contribution is 2.39. The van der Waals surface area contributed by atoms with Crippen molar-refractivity contribution in [2.75, 3.05) is 6.54 Å². The summed E-state index contributed by atoms with van der Waals surface area (Å²) in [6, 6.07) is 7.99. The normalized spacial score (nSPS) is 15.0. The standard InChI is InChI=1S/C14H16ClN3/c15-12-3-4-14(11(9-12)5-7-16)18-8-6-13(17-18)10-1-2-10/h3-4,6,8-10H,1-2,5,7,16H2. The molecule has 1 aliphatic carbocycles. The second-order valence-corrected chi connectivity index (χ2v) is 5.21. The molecular formula is C14H16ClN3. The predicted octanol–water partition coefficient (Wildman–Crippen LogP) is 2.90. The van der Waals surface area contributed by atoms with Crippen LogP contribution < -0.4 is 5.73 Å². The molecule has 4 heteroatoms. The van der Waals surface area contributed by atoms with Crippen molar-refractivity contribution in [1.29, 1.82) is 0 Å². The SMILES string of the molecule is NCCc1cc(Cl)ccc1-n1ccc(C2CC2)n1. The fourth-order valence-corrected chi connectivity index (χ4v) is 2.40. The molecule has 2 aromatic rings. The van der Waals surface area contributed by atoms with E-state index in [1.807, 2.05) is 29.1 Å². The number of rotatable bonds is 4. The molecule has 0 radical (unpaired) electrons. The molecule has 1 aromatic heterocycles. The fraction of sp³-hybridized carbons (Fsp3) is 0.357. The van der Waals surface area contributed by atoms with Crippen molar-refractivity contribution in [2.24, 2.45) is 5.73 Å². The molecule has 0 unspecified atom stereocenters. The highest BCUT2D eigenvalue weighted by molar-refractivity contribution is 6.30. The lowest BCUT2D eigenvalue weighted by molar-refractivity contribution is 0.819. The van der Waals surface area contributed by atoms with E-state index in [-0.39, 0.29) is 0 Å². The van der Waals surface area contributed by atoms with E-state index < -0.39 is 0 Å². The van der Waals surface area contributed by atoms with E-state index in [0.29, 0.717) is 12.5 Å². The molecule has 3 rings (SSSR count). The largest absolute Gasteiger partial charge is 0.330 e. The van der Waals surface area contributed by atoms with Gasteiger partial charge in [0, 0.05) is 17.1 Å². The third kappa shape index (κ3) is 2.28. The predicted molar refractivity (Wildman–Crippen MR) is 73.3 cm³/mol. The van der Waals surface area contributed by atoms with Crippen molar-refractivity contribution < 1.29 is 0 Å². The summed E-state index contributed by atoms with van der Waals surface area (Å²) in [5, 5.41) is 5.39. The summed E-state index contributed by atoms with van der Waals surface area (Å²) in [4.78, 5) is 0. The minimum Gasteiger partial charge on any atom is -0.330 e. The topological polar surface area (TPSA) is 43.8 Å². The van der Waals surface area contributed by atoms with Crippen LogP contribution in [0.2, 0.25) is 5.02 Å². The Kier molecular flexibility index (Phi) is 3.10. The lowest BCUT2D eigenvalue weighted by Gasteiger charge is -2.09. The van der Waals surface area contributed by atoms with Crippen molar-refractivity contribution in [3.05, 3.63) is 46.7 Å². The molecule has 1 saturated carbocycles. The van der Waals surface area contributed by atoms with Crippen molar-refractivity contribution in [3.63, 3.8) is 0 Å². The Morgan fingerprint density at radius 3 is 2.89 bits per heavy atom. The van der Waals surface area contributed by atoms with Gasteiger partial charge in [-0.1, -0.05) is 11.6 Å². The van der Waals surface area contributed by atoms with Gasteiger partial charge in [-0.3, -0.25) is 0 Å². The Morgan fingerprint density at radius 2 is 2.17 bits per heavy atom. The molecule has 0 saturated heterocycles. The second kappa shape index (κ2) is 4.75. The molecule has 1 aliphatic rings. The van der Waals surface area contributed by atoms with Gasteiger partial charge in [0.1, 0.15) is 0 Å². The highest BCUT2D eigenvalue weighted by Gasteiger charge is 2.26. The van der Waals surface area contributed by atoms with Gasteiger partial charge in [-0.05, 0) is 55.6 Å². The monoisotopic (exact) mass is 261 g/mol. The smallest absolute Gasteiger partial charge is 0.0679 e. The van der Waals surface area contributed by atoms with Gasteiger partial charge in [-0.2, -0.15) is 5.10 Å². The molecule has 1 heterocycles. The molecule has 0 amide bonds. The highest BCUT2D eigenvalue weighted by atomic mass is 35.5. The first kappa shape index (κ1) is 11.8. The first-order valence-electron chi connectivity index (χ1n) is 6.32. The molecule has 94 valence electrons. The maximum atomic E-state index is 6.04. The van der Waals surface area contributed by atoms with E-state index in [0.717, 1.165) is 22.7 Å². The van der Waals surface area contributed by atoms with Crippen molar-refractivity contribution in [1.82, 2.24) is 9.78 Å². The molecule has 0 atom stereocenters. The van der Waals surface area contributed by atoms with Crippen molar-refractivity contribution >= 4 is 11.6 Å². The number of halogens is 1. The number of nitrogens with zero attached hydrogens (tertiary/aromatic N) is 2. The second-order valence-electron chi connectivity index (χ2n) is 4.77. The molecule has 1 aromatic carbocycles. The van der Waals surface area contributed by atoms with Crippen LogP contribution in [0.4, 0.5) is 0 Å². The first-order valence-corrected chi connectivity index (χ1v) is 6.70. The molecule has 0 aliphatic heterocycles. The quantitative estimate of drug-likeness (QED) is 0.920. The van der Waals surface area contributed by atoms with Gasteiger partial charge in [-0.15, -0.1) is 0 Å². The van der Waals surface area contributed by atoms with E-state index >= 15 is 0 Å². The summed E-state index contributed by atoms with van der Waals surface area (Å²) >= 11 is 6.04. The van der Waals surface area contributed by atoms with Gasteiger partial charge >= 0.3 is 0 Å². The van der Waals surface area contributed by atoms with Gasteiger partial charge in [-0.25, -0.2) is 4.68 Å². The summed E-state index contributed by atoms with van der Waals surface area (Å²) in [6.45, 7) is 0.615.